The summed E-state index contributed by atoms with van der Waals surface area (Å²) in [6.45, 7) is 4.07. The molecular weight excluding hydrogens is 310 g/mol. The van der Waals surface area contributed by atoms with Gasteiger partial charge in [0.05, 0.1) is 0 Å². The van der Waals surface area contributed by atoms with Crippen molar-refractivity contribution in [2.45, 2.75) is 25.9 Å². The van der Waals surface area contributed by atoms with Gasteiger partial charge in [-0.05, 0) is 43.0 Å². The average Bonchev–Trinajstić information content (AvgIpc) is 3.21. The Labute approximate surface area is 148 Å². The highest BCUT2D eigenvalue weighted by Gasteiger charge is 2.26. The summed E-state index contributed by atoms with van der Waals surface area (Å²) in [5, 5.41) is 4.72. The number of amides is 1. The monoisotopic (exact) mass is 333 g/mol. The van der Waals surface area contributed by atoms with Crippen molar-refractivity contribution < 1.29 is 4.79 Å². The number of para-hydroxylation sites is 2. The van der Waals surface area contributed by atoms with Gasteiger partial charge in [-0.2, -0.15) is 0 Å². The third kappa shape index (κ3) is 3.25. The van der Waals surface area contributed by atoms with Crippen LogP contribution in [0.1, 0.15) is 12.1 Å². The Bertz CT molecular complexity index is 885. The Balaban J connectivity index is 1.42. The molecule has 4 nitrogen and oxygen atoms in total. The summed E-state index contributed by atoms with van der Waals surface area (Å²) >= 11 is 0. The van der Waals surface area contributed by atoms with E-state index in [-0.39, 0.29) is 5.91 Å². The number of carbonyl (C=O) groups excluding carboxylic acids is 1. The molecule has 2 aromatic carbocycles. The molecule has 128 valence electrons. The fraction of sp³-hybridized carbons (Fsp3) is 0.286. The van der Waals surface area contributed by atoms with Crippen LogP contribution >= 0.6 is 0 Å². The number of hydrogen-bond donors (Lipinski definition) is 1. The maximum absolute atomic E-state index is 12.8. The van der Waals surface area contributed by atoms with Crippen LogP contribution < -0.4 is 5.32 Å². The van der Waals surface area contributed by atoms with Gasteiger partial charge >= 0.3 is 0 Å². The van der Waals surface area contributed by atoms with Gasteiger partial charge in [0.2, 0.25) is 5.91 Å². The second kappa shape index (κ2) is 6.63. The van der Waals surface area contributed by atoms with E-state index in [1.54, 1.807) is 0 Å². The van der Waals surface area contributed by atoms with Gasteiger partial charge in [0, 0.05) is 36.0 Å². The zero-order valence-corrected chi connectivity index (χ0v) is 14.5. The number of carbonyl (C=O) groups is 1. The predicted molar refractivity (Wildman–Crippen MR) is 102 cm³/mol. The lowest BCUT2D eigenvalue weighted by molar-refractivity contribution is -0.130. The number of fused-ring (bicyclic) bond motifs is 1. The second-order valence-corrected chi connectivity index (χ2v) is 6.77. The van der Waals surface area contributed by atoms with Gasteiger partial charge in [0.15, 0.2) is 0 Å². The van der Waals surface area contributed by atoms with Crippen molar-refractivity contribution in [3.8, 4) is 0 Å². The number of likely N-dealkylation sites (tertiary alicyclic amines) is 1. The number of hydrogen-bond acceptors (Lipinski definition) is 2. The molecule has 0 radical (unpaired) electrons. The van der Waals surface area contributed by atoms with E-state index in [1.807, 2.05) is 35.2 Å². The van der Waals surface area contributed by atoms with Gasteiger partial charge in [-0.1, -0.05) is 36.4 Å². The molecule has 4 rings (SSSR count). The molecule has 4 heteroatoms. The van der Waals surface area contributed by atoms with E-state index >= 15 is 0 Å². The van der Waals surface area contributed by atoms with Gasteiger partial charge < -0.3 is 14.8 Å². The van der Waals surface area contributed by atoms with Crippen LogP contribution in [0.25, 0.3) is 10.9 Å². The van der Waals surface area contributed by atoms with E-state index in [1.165, 1.54) is 5.39 Å². The number of anilines is 1. The van der Waals surface area contributed by atoms with Crippen molar-refractivity contribution in [1.29, 1.82) is 0 Å². The molecule has 1 aromatic heterocycles. The number of rotatable bonds is 4. The molecule has 1 atom stereocenters. The quantitative estimate of drug-likeness (QED) is 0.791. The Morgan fingerprint density at radius 3 is 2.72 bits per heavy atom. The predicted octanol–water partition coefficient (Wildman–Crippen LogP) is 3.66. The van der Waals surface area contributed by atoms with Gasteiger partial charge in [-0.15, -0.1) is 0 Å². The van der Waals surface area contributed by atoms with E-state index in [9.17, 15) is 4.79 Å². The van der Waals surface area contributed by atoms with Crippen LogP contribution in [-0.2, 0) is 11.3 Å². The topological polar surface area (TPSA) is 37.3 Å². The molecule has 3 aromatic rings. The first-order chi connectivity index (χ1) is 12.2. The molecule has 2 heterocycles. The molecule has 0 spiro atoms. The third-order valence-corrected chi connectivity index (χ3v) is 5.00. The number of nitrogens with zero attached hydrogens (tertiary/aromatic N) is 2. The number of benzene rings is 2. The first kappa shape index (κ1) is 15.8. The minimum absolute atomic E-state index is 0.196. The molecule has 1 N–H and O–H groups in total. The molecule has 0 aliphatic carbocycles. The van der Waals surface area contributed by atoms with Crippen LogP contribution in [-0.4, -0.2) is 34.5 Å². The van der Waals surface area contributed by atoms with E-state index in [4.69, 9.17) is 0 Å². The zero-order valence-electron chi connectivity index (χ0n) is 14.5. The number of aromatic nitrogens is 1. The van der Waals surface area contributed by atoms with Crippen LogP contribution in [0.5, 0.6) is 0 Å². The van der Waals surface area contributed by atoms with Crippen molar-refractivity contribution in [3.63, 3.8) is 0 Å². The largest absolute Gasteiger partial charge is 0.380 e. The maximum Gasteiger partial charge on any atom is 0.242 e. The second-order valence-electron chi connectivity index (χ2n) is 6.77. The van der Waals surface area contributed by atoms with Crippen LogP contribution in [0.15, 0.2) is 60.7 Å². The molecule has 25 heavy (non-hydrogen) atoms. The summed E-state index contributed by atoms with van der Waals surface area (Å²) in [5.74, 6) is 0.196. The van der Waals surface area contributed by atoms with Gasteiger partial charge in [-0.25, -0.2) is 0 Å². The normalized spacial score (nSPS) is 17.2. The highest BCUT2D eigenvalue weighted by Crippen LogP contribution is 2.21. The lowest BCUT2D eigenvalue weighted by atomic mass is 10.2. The fourth-order valence-corrected chi connectivity index (χ4v) is 3.67. The fourth-order valence-electron chi connectivity index (χ4n) is 3.67. The molecule has 0 bridgehead atoms. The van der Waals surface area contributed by atoms with Crippen LogP contribution in [0, 0.1) is 6.92 Å². The smallest absolute Gasteiger partial charge is 0.242 e. The Hall–Kier alpha value is -2.75. The Morgan fingerprint density at radius 2 is 1.88 bits per heavy atom. The Morgan fingerprint density at radius 1 is 1.12 bits per heavy atom. The molecule has 1 aliphatic heterocycles. The summed E-state index contributed by atoms with van der Waals surface area (Å²) in [5.41, 5.74) is 3.38. The Kier molecular flexibility index (Phi) is 4.18. The van der Waals surface area contributed by atoms with Crippen molar-refractivity contribution in [2.75, 3.05) is 18.4 Å². The minimum atomic E-state index is 0.196. The maximum atomic E-state index is 12.8. The lowest BCUT2D eigenvalue weighted by Crippen LogP contribution is -2.34. The molecule has 1 aliphatic rings. The molecule has 1 saturated heterocycles. The molecule has 0 saturated carbocycles. The van der Waals surface area contributed by atoms with E-state index in [0.29, 0.717) is 12.6 Å². The first-order valence-corrected chi connectivity index (χ1v) is 8.85. The van der Waals surface area contributed by atoms with Crippen LogP contribution in [0.2, 0.25) is 0 Å². The highest BCUT2D eigenvalue weighted by molar-refractivity contribution is 5.84. The number of nitrogens with one attached hydrogen (secondary N) is 1. The molecule has 1 unspecified atom stereocenters. The highest BCUT2D eigenvalue weighted by atomic mass is 16.2. The van der Waals surface area contributed by atoms with Gasteiger partial charge in [-0.3, -0.25) is 4.79 Å². The first-order valence-electron chi connectivity index (χ1n) is 8.85. The summed E-state index contributed by atoms with van der Waals surface area (Å²) < 4.78 is 2.12. The van der Waals surface area contributed by atoms with E-state index in [0.717, 1.165) is 36.4 Å². The van der Waals surface area contributed by atoms with Crippen LogP contribution in [0.3, 0.4) is 0 Å². The lowest BCUT2D eigenvalue weighted by Gasteiger charge is -2.19. The van der Waals surface area contributed by atoms with Gasteiger partial charge in [0.25, 0.3) is 0 Å². The summed E-state index contributed by atoms with van der Waals surface area (Å²) in [7, 11) is 0. The zero-order chi connectivity index (χ0) is 17.2. The SMILES string of the molecule is Cc1cc2ccccc2n1CC(=O)N1CCC(Nc2ccccc2)C1. The van der Waals surface area contributed by atoms with Crippen LogP contribution in [0.4, 0.5) is 5.69 Å². The summed E-state index contributed by atoms with van der Waals surface area (Å²) in [4.78, 5) is 14.8. The van der Waals surface area contributed by atoms with Gasteiger partial charge in [0.1, 0.15) is 6.54 Å². The van der Waals surface area contributed by atoms with E-state index < -0.39 is 0 Å². The van der Waals surface area contributed by atoms with E-state index in [2.05, 4.69) is 47.1 Å². The molecular formula is C21H23N3O. The summed E-state index contributed by atoms with van der Waals surface area (Å²) in [6.07, 6.45) is 0.992. The van der Waals surface area contributed by atoms with Crippen molar-refractivity contribution >= 4 is 22.5 Å². The third-order valence-electron chi connectivity index (χ3n) is 5.00. The summed E-state index contributed by atoms with van der Waals surface area (Å²) in [6, 6.07) is 20.9. The molecule has 1 fully saturated rings. The minimum Gasteiger partial charge on any atom is -0.380 e. The standard InChI is InChI=1S/C21H23N3O/c1-16-13-17-7-5-6-10-20(17)24(16)15-21(25)23-12-11-19(14-23)22-18-8-3-2-4-9-18/h2-10,13,19,22H,11-12,14-15H2,1H3. The average molecular weight is 333 g/mol. The molecule has 1 amide bonds. The van der Waals surface area contributed by atoms with Crippen molar-refractivity contribution in [1.82, 2.24) is 9.47 Å². The van der Waals surface area contributed by atoms with Crippen molar-refractivity contribution in [3.05, 3.63) is 66.4 Å². The van der Waals surface area contributed by atoms with Crippen molar-refractivity contribution in [2.24, 2.45) is 0 Å². The number of aryl methyl sites for hydroxylation is 1.